The quantitative estimate of drug-likeness (QED) is 0.414. The zero-order chi connectivity index (χ0) is 24.8. The highest BCUT2D eigenvalue weighted by Gasteiger charge is 2.28. The molecule has 4 rings (SSSR count). The second-order valence-corrected chi connectivity index (χ2v) is 8.78. The van der Waals surface area contributed by atoms with Gasteiger partial charge in [0.05, 0.1) is 19.7 Å². The number of hydrogen-bond donors (Lipinski definition) is 1. The Labute approximate surface area is 206 Å². The van der Waals surface area contributed by atoms with Crippen molar-refractivity contribution in [3.05, 3.63) is 78.0 Å². The maximum absolute atomic E-state index is 12.7. The fourth-order valence-electron chi connectivity index (χ4n) is 4.08. The van der Waals surface area contributed by atoms with Gasteiger partial charge in [0, 0.05) is 30.8 Å². The number of hydrogen-bond acceptors (Lipinski definition) is 6. The van der Waals surface area contributed by atoms with Gasteiger partial charge in [-0.3, -0.25) is 9.59 Å². The number of ketones is 1. The summed E-state index contributed by atoms with van der Waals surface area (Å²) in [6, 6.07) is 19.4. The van der Waals surface area contributed by atoms with Gasteiger partial charge in [0.2, 0.25) is 5.91 Å². The SMILES string of the molecule is CCOc1ccc(N2CC(Oc3ccc([C@H](C)CC(=O)c4ccnc(NC(C)=O)c4)cc3)C2)cc1. The third-order valence-electron chi connectivity index (χ3n) is 5.99. The number of Topliss-reactive ketones (excluding diaryl/α,β-unsaturated/α-hetero) is 1. The maximum atomic E-state index is 12.7. The van der Waals surface area contributed by atoms with Crippen molar-refractivity contribution in [1.82, 2.24) is 4.98 Å². The van der Waals surface area contributed by atoms with E-state index < -0.39 is 0 Å². The van der Waals surface area contributed by atoms with Gasteiger partial charge < -0.3 is 19.7 Å². The smallest absolute Gasteiger partial charge is 0.222 e. The summed E-state index contributed by atoms with van der Waals surface area (Å²) in [7, 11) is 0. The number of carbonyl (C=O) groups is 2. The summed E-state index contributed by atoms with van der Waals surface area (Å²) in [6.07, 6.45) is 2.05. The molecule has 0 unspecified atom stereocenters. The molecule has 0 spiro atoms. The van der Waals surface area contributed by atoms with Crippen LogP contribution in [-0.4, -0.2) is 42.5 Å². The van der Waals surface area contributed by atoms with Gasteiger partial charge in [-0.2, -0.15) is 0 Å². The van der Waals surface area contributed by atoms with Crippen molar-refractivity contribution in [3.8, 4) is 11.5 Å². The number of pyridine rings is 1. The summed E-state index contributed by atoms with van der Waals surface area (Å²) < 4.78 is 11.6. The largest absolute Gasteiger partial charge is 0.494 e. The first kappa shape index (κ1) is 24.3. The second-order valence-electron chi connectivity index (χ2n) is 8.78. The fourth-order valence-corrected chi connectivity index (χ4v) is 4.08. The van der Waals surface area contributed by atoms with E-state index in [1.165, 1.54) is 18.8 Å². The number of ether oxygens (including phenoxy) is 2. The number of rotatable bonds is 10. The summed E-state index contributed by atoms with van der Waals surface area (Å²) in [5.41, 5.74) is 2.78. The van der Waals surface area contributed by atoms with Crippen LogP contribution in [0.1, 0.15) is 49.0 Å². The molecule has 2 aromatic carbocycles. The number of nitrogens with one attached hydrogen (secondary N) is 1. The standard InChI is InChI=1S/C28H31N3O4/c1-4-34-24-11-7-23(8-12-24)31-17-26(18-31)35-25-9-5-21(6-10-25)19(2)15-27(33)22-13-14-29-28(16-22)30-20(3)32/h5-14,16,19,26H,4,15,17-18H2,1-3H3,(H,29,30,32)/t19-/m1/s1. The normalized spacial score (nSPS) is 14.1. The van der Waals surface area contributed by atoms with Crippen LogP contribution in [0.2, 0.25) is 0 Å². The third kappa shape index (κ3) is 6.38. The van der Waals surface area contributed by atoms with Crippen LogP contribution in [0.15, 0.2) is 66.9 Å². The zero-order valence-corrected chi connectivity index (χ0v) is 20.4. The first-order valence-corrected chi connectivity index (χ1v) is 11.9. The lowest BCUT2D eigenvalue weighted by atomic mass is 9.93. The van der Waals surface area contributed by atoms with Gasteiger partial charge in [-0.1, -0.05) is 19.1 Å². The van der Waals surface area contributed by atoms with E-state index in [2.05, 4.69) is 27.3 Å². The van der Waals surface area contributed by atoms with Gasteiger partial charge >= 0.3 is 0 Å². The lowest BCUT2D eigenvalue weighted by molar-refractivity contribution is -0.114. The molecule has 35 heavy (non-hydrogen) atoms. The molecule has 0 radical (unpaired) electrons. The molecule has 3 aromatic rings. The van der Waals surface area contributed by atoms with E-state index in [1.54, 1.807) is 12.1 Å². The third-order valence-corrected chi connectivity index (χ3v) is 5.99. The van der Waals surface area contributed by atoms with E-state index in [0.29, 0.717) is 24.4 Å². The second kappa shape index (κ2) is 11.0. The first-order chi connectivity index (χ1) is 16.9. The van der Waals surface area contributed by atoms with E-state index in [-0.39, 0.29) is 23.7 Å². The van der Waals surface area contributed by atoms with Crippen molar-refractivity contribution in [3.63, 3.8) is 0 Å². The molecule has 0 aliphatic carbocycles. The van der Waals surface area contributed by atoms with Crippen molar-refractivity contribution >= 4 is 23.2 Å². The molecule has 1 N–H and O–H groups in total. The van der Waals surface area contributed by atoms with Crippen LogP contribution in [0.3, 0.4) is 0 Å². The minimum absolute atomic E-state index is 0.00989. The van der Waals surface area contributed by atoms with E-state index >= 15 is 0 Å². The number of anilines is 2. The predicted octanol–water partition coefficient (Wildman–Crippen LogP) is 5.08. The van der Waals surface area contributed by atoms with Gasteiger partial charge in [-0.05, 0) is 66.9 Å². The van der Waals surface area contributed by atoms with E-state index in [0.717, 1.165) is 30.2 Å². The van der Waals surface area contributed by atoms with Crippen molar-refractivity contribution in [1.29, 1.82) is 0 Å². The Hall–Kier alpha value is -3.87. The lowest BCUT2D eigenvalue weighted by Gasteiger charge is -2.40. The van der Waals surface area contributed by atoms with Crippen LogP contribution in [-0.2, 0) is 4.79 Å². The molecule has 1 aromatic heterocycles. The molecular weight excluding hydrogens is 442 g/mol. The Balaban J connectivity index is 1.26. The predicted molar refractivity (Wildman–Crippen MR) is 137 cm³/mol. The summed E-state index contributed by atoms with van der Waals surface area (Å²) in [5.74, 6) is 1.94. The molecule has 182 valence electrons. The van der Waals surface area contributed by atoms with Gasteiger partial charge in [0.1, 0.15) is 23.4 Å². The average Bonchev–Trinajstić information content (AvgIpc) is 2.82. The molecular formula is C28H31N3O4. The Morgan fingerprint density at radius 3 is 2.40 bits per heavy atom. The molecule has 2 heterocycles. The molecule has 1 fully saturated rings. The molecule has 1 aliphatic heterocycles. The van der Waals surface area contributed by atoms with E-state index in [4.69, 9.17) is 9.47 Å². The highest BCUT2D eigenvalue weighted by molar-refractivity contribution is 5.98. The average molecular weight is 474 g/mol. The molecule has 7 heteroatoms. The number of aromatic nitrogens is 1. The summed E-state index contributed by atoms with van der Waals surface area (Å²) in [4.78, 5) is 30.3. The topological polar surface area (TPSA) is 80.8 Å². The van der Waals surface area contributed by atoms with E-state index in [1.807, 2.05) is 50.2 Å². The maximum Gasteiger partial charge on any atom is 0.222 e. The number of benzene rings is 2. The minimum atomic E-state index is -0.219. The first-order valence-electron chi connectivity index (χ1n) is 11.9. The molecule has 1 saturated heterocycles. The Kier molecular flexibility index (Phi) is 7.65. The van der Waals surface area contributed by atoms with E-state index in [9.17, 15) is 9.59 Å². The van der Waals surface area contributed by atoms with Gasteiger partial charge in [-0.25, -0.2) is 4.98 Å². The van der Waals surface area contributed by atoms with Gasteiger partial charge in [0.15, 0.2) is 5.78 Å². The van der Waals surface area contributed by atoms with Crippen LogP contribution >= 0.6 is 0 Å². The highest BCUT2D eigenvalue weighted by Crippen LogP contribution is 2.28. The van der Waals surface area contributed by atoms with Crippen LogP contribution in [0.5, 0.6) is 11.5 Å². The highest BCUT2D eigenvalue weighted by atomic mass is 16.5. The zero-order valence-electron chi connectivity index (χ0n) is 20.4. The van der Waals surface area contributed by atoms with Crippen LogP contribution in [0.25, 0.3) is 0 Å². The Bertz CT molecular complexity index is 1160. The summed E-state index contributed by atoms with van der Waals surface area (Å²) in [5, 5.41) is 2.61. The van der Waals surface area contributed by atoms with Crippen LogP contribution in [0, 0.1) is 0 Å². The molecule has 1 amide bonds. The van der Waals surface area contributed by atoms with Crippen molar-refractivity contribution in [2.75, 3.05) is 29.9 Å². The van der Waals surface area contributed by atoms with Crippen LogP contribution in [0.4, 0.5) is 11.5 Å². The minimum Gasteiger partial charge on any atom is -0.494 e. The number of amides is 1. The fraction of sp³-hybridized carbons (Fsp3) is 0.321. The van der Waals surface area contributed by atoms with Crippen molar-refractivity contribution in [2.45, 2.75) is 39.2 Å². The summed E-state index contributed by atoms with van der Waals surface area (Å²) in [6.45, 7) is 7.77. The van der Waals surface area contributed by atoms with Crippen LogP contribution < -0.4 is 19.7 Å². The molecule has 7 nitrogen and oxygen atoms in total. The Morgan fingerprint density at radius 1 is 1.06 bits per heavy atom. The molecule has 0 saturated carbocycles. The molecule has 0 bridgehead atoms. The van der Waals surface area contributed by atoms with Crippen molar-refractivity contribution < 1.29 is 19.1 Å². The van der Waals surface area contributed by atoms with Gasteiger partial charge in [0.25, 0.3) is 0 Å². The lowest BCUT2D eigenvalue weighted by Crippen LogP contribution is -2.54. The number of nitrogens with zero attached hydrogens (tertiary/aromatic N) is 2. The Morgan fingerprint density at radius 2 is 1.74 bits per heavy atom. The van der Waals surface area contributed by atoms with Crippen molar-refractivity contribution in [2.24, 2.45) is 0 Å². The molecule has 1 aliphatic rings. The molecule has 1 atom stereocenters. The monoisotopic (exact) mass is 473 g/mol. The summed E-state index contributed by atoms with van der Waals surface area (Å²) >= 11 is 0. The number of carbonyl (C=O) groups excluding carboxylic acids is 2. The van der Waals surface area contributed by atoms with Gasteiger partial charge in [-0.15, -0.1) is 0 Å².